The van der Waals surface area contributed by atoms with Gasteiger partial charge in [-0.25, -0.2) is 0 Å². The summed E-state index contributed by atoms with van der Waals surface area (Å²) in [7, 11) is 1.70. The Morgan fingerprint density at radius 3 is 2.71 bits per heavy atom. The average molecular weight is 380 g/mol. The van der Waals surface area contributed by atoms with Crippen LogP contribution in [0.15, 0.2) is 47.1 Å². The molecule has 9 heteroatoms. The van der Waals surface area contributed by atoms with Gasteiger partial charge < -0.3 is 14.6 Å². The van der Waals surface area contributed by atoms with Crippen molar-refractivity contribution in [1.82, 2.24) is 30.4 Å². The van der Waals surface area contributed by atoms with Crippen molar-refractivity contribution in [2.45, 2.75) is 18.9 Å². The smallest absolute Gasteiger partial charge is 0.289 e. The van der Waals surface area contributed by atoms with Crippen molar-refractivity contribution < 1.29 is 14.0 Å². The highest BCUT2D eigenvalue weighted by molar-refractivity contribution is 5.95. The zero-order valence-electron chi connectivity index (χ0n) is 15.4. The van der Waals surface area contributed by atoms with E-state index in [9.17, 15) is 9.59 Å². The minimum atomic E-state index is -0.170. The molecule has 3 aromatic rings. The second kappa shape index (κ2) is 7.63. The third-order valence-corrected chi connectivity index (χ3v) is 4.69. The third kappa shape index (κ3) is 3.78. The number of nitrogens with one attached hydrogen (secondary N) is 1. The molecule has 9 nitrogen and oxygen atoms in total. The van der Waals surface area contributed by atoms with Gasteiger partial charge in [0.2, 0.25) is 5.82 Å². The highest BCUT2D eigenvalue weighted by Crippen LogP contribution is 2.17. The van der Waals surface area contributed by atoms with Gasteiger partial charge in [0.1, 0.15) is 0 Å². The van der Waals surface area contributed by atoms with Crippen LogP contribution in [-0.4, -0.2) is 56.1 Å². The molecule has 2 aromatic heterocycles. The molecule has 28 heavy (non-hydrogen) atoms. The lowest BCUT2D eigenvalue weighted by atomic mass is 10.0. The van der Waals surface area contributed by atoms with E-state index >= 15 is 0 Å². The lowest BCUT2D eigenvalue weighted by Crippen LogP contribution is -2.49. The van der Waals surface area contributed by atoms with Crippen molar-refractivity contribution >= 4 is 11.8 Å². The number of furan rings is 1. The van der Waals surface area contributed by atoms with Crippen LogP contribution in [0.5, 0.6) is 0 Å². The number of likely N-dealkylation sites (tertiary alicyclic amines) is 1. The minimum absolute atomic E-state index is 0.0958. The standard InChI is InChI=1S/C19H20N6O3/c1-24-22-17(21-23-24)13-6-8-14(9-7-13)18(26)20-15-4-2-10-25(12-15)19(27)16-5-3-11-28-16/h3,5-9,11,15H,2,4,10,12H2,1H3,(H,20,26)/t15-/m1/s1. The molecule has 1 fully saturated rings. The van der Waals surface area contributed by atoms with Crippen molar-refractivity contribution in [3.05, 3.63) is 54.0 Å². The van der Waals surface area contributed by atoms with E-state index in [2.05, 4.69) is 20.7 Å². The Bertz CT molecular complexity index is 964. The zero-order valence-corrected chi connectivity index (χ0v) is 15.4. The summed E-state index contributed by atoms with van der Waals surface area (Å²) in [6, 6.07) is 10.3. The van der Waals surface area contributed by atoms with Crippen molar-refractivity contribution in [3.8, 4) is 11.4 Å². The molecule has 1 aliphatic rings. The normalized spacial score (nSPS) is 16.8. The number of piperidine rings is 1. The Kier molecular flexibility index (Phi) is 4.88. The van der Waals surface area contributed by atoms with E-state index < -0.39 is 0 Å². The van der Waals surface area contributed by atoms with Crippen LogP contribution in [0.2, 0.25) is 0 Å². The van der Waals surface area contributed by atoms with Gasteiger partial charge in [0.15, 0.2) is 5.76 Å². The second-order valence-electron chi connectivity index (χ2n) is 6.72. The van der Waals surface area contributed by atoms with Gasteiger partial charge in [-0.1, -0.05) is 12.1 Å². The van der Waals surface area contributed by atoms with Crippen LogP contribution in [0.25, 0.3) is 11.4 Å². The Morgan fingerprint density at radius 1 is 1.21 bits per heavy atom. The molecule has 144 valence electrons. The van der Waals surface area contributed by atoms with Gasteiger partial charge >= 0.3 is 0 Å². The Morgan fingerprint density at radius 2 is 2.04 bits per heavy atom. The second-order valence-corrected chi connectivity index (χ2v) is 6.72. The number of aryl methyl sites for hydroxylation is 1. The first-order chi connectivity index (χ1) is 13.6. The van der Waals surface area contributed by atoms with E-state index in [0.29, 0.717) is 30.2 Å². The van der Waals surface area contributed by atoms with Crippen LogP contribution in [0, 0.1) is 0 Å². The first-order valence-corrected chi connectivity index (χ1v) is 9.08. The maximum Gasteiger partial charge on any atom is 0.289 e. The Labute approximate surface area is 161 Å². The van der Waals surface area contributed by atoms with Crippen LogP contribution >= 0.6 is 0 Å². The van der Waals surface area contributed by atoms with E-state index in [1.807, 2.05) is 0 Å². The highest BCUT2D eigenvalue weighted by Gasteiger charge is 2.27. The number of hydrogen-bond acceptors (Lipinski definition) is 6. The van der Waals surface area contributed by atoms with Crippen molar-refractivity contribution in [2.75, 3.05) is 13.1 Å². The average Bonchev–Trinajstić information content (AvgIpc) is 3.40. The van der Waals surface area contributed by atoms with Gasteiger partial charge in [-0.2, -0.15) is 4.80 Å². The molecule has 1 aromatic carbocycles. The quantitative estimate of drug-likeness (QED) is 0.735. The summed E-state index contributed by atoms with van der Waals surface area (Å²) < 4.78 is 5.19. The summed E-state index contributed by atoms with van der Waals surface area (Å²) in [4.78, 5) is 28.1. The molecule has 1 saturated heterocycles. The fourth-order valence-electron chi connectivity index (χ4n) is 3.27. The zero-order chi connectivity index (χ0) is 19.5. The van der Waals surface area contributed by atoms with Gasteiger partial charge in [-0.15, -0.1) is 10.2 Å². The van der Waals surface area contributed by atoms with Crippen LogP contribution < -0.4 is 5.32 Å². The van der Waals surface area contributed by atoms with Crippen LogP contribution in [0.1, 0.15) is 33.8 Å². The molecule has 2 amide bonds. The number of tetrazole rings is 1. The Hall–Kier alpha value is -3.49. The maximum atomic E-state index is 12.6. The fraction of sp³-hybridized carbons (Fsp3) is 0.316. The Balaban J connectivity index is 1.38. The monoisotopic (exact) mass is 380 g/mol. The van der Waals surface area contributed by atoms with Crippen LogP contribution in [-0.2, 0) is 7.05 Å². The molecular formula is C19H20N6O3. The number of rotatable bonds is 4. The summed E-state index contributed by atoms with van der Waals surface area (Å²) in [6.07, 6.45) is 3.14. The summed E-state index contributed by atoms with van der Waals surface area (Å²) in [5.41, 5.74) is 1.33. The first kappa shape index (κ1) is 17.9. The van der Waals surface area contributed by atoms with Gasteiger partial charge in [0.05, 0.1) is 13.3 Å². The van der Waals surface area contributed by atoms with Crippen molar-refractivity contribution in [1.29, 1.82) is 0 Å². The predicted molar refractivity (Wildman–Crippen MR) is 99.3 cm³/mol. The van der Waals surface area contributed by atoms with Crippen molar-refractivity contribution in [2.24, 2.45) is 7.05 Å². The van der Waals surface area contributed by atoms with Gasteiger partial charge in [-0.05, 0) is 42.3 Å². The lowest BCUT2D eigenvalue weighted by Gasteiger charge is -2.32. The molecule has 0 saturated carbocycles. The fourth-order valence-corrected chi connectivity index (χ4v) is 3.27. The van der Waals surface area contributed by atoms with Gasteiger partial charge in [0.25, 0.3) is 11.8 Å². The number of amides is 2. The third-order valence-electron chi connectivity index (χ3n) is 4.69. The van der Waals surface area contributed by atoms with E-state index in [1.165, 1.54) is 11.1 Å². The minimum Gasteiger partial charge on any atom is -0.459 e. The van der Waals surface area contributed by atoms with E-state index in [1.54, 1.807) is 48.3 Å². The number of benzene rings is 1. The van der Waals surface area contributed by atoms with Gasteiger partial charge in [0, 0.05) is 30.3 Å². The van der Waals surface area contributed by atoms with Crippen LogP contribution in [0.4, 0.5) is 0 Å². The summed E-state index contributed by atoms with van der Waals surface area (Å²) in [6.45, 7) is 1.12. The first-order valence-electron chi connectivity index (χ1n) is 9.08. The van der Waals surface area contributed by atoms with E-state index in [0.717, 1.165) is 18.4 Å². The molecule has 4 rings (SSSR count). The molecule has 0 radical (unpaired) electrons. The molecule has 3 heterocycles. The van der Waals surface area contributed by atoms with Crippen molar-refractivity contribution in [3.63, 3.8) is 0 Å². The SMILES string of the molecule is Cn1nnc(-c2ccc(C(=O)N[C@@H]3CCCN(C(=O)c4ccco4)C3)cc2)n1. The lowest BCUT2D eigenvalue weighted by molar-refractivity contribution is 0.0647. The molecule has 0 unspecified atom stereocenters. The van der Waals surface area contributed by atoms with E-state index in [-0.39, 0.29) is 17.9 Å². The number of carbonyl (C=O) groups excluding carboxylic acids is 2. The van der Waals surface area contributed by atoms with Crippen LogP contribution in [0.3, 0.4) is 0 Å². The summed E-state index contributed by atoms with van der Waals surface area (Å²) in [5.74, 6) is 0.509. The highest BCUT2D eigenvalue weighted by atomic mass is 16.3. The van der Waals surface area contributed by atoms with Gasteiger partial charge in [-0.3, -0.25) is 9.59 Å². The molecule has 1 aliphatic heterocycles. The number of carbonyl (C=O) groups is 2. The molecule has 0 aliphatic carbocycles. The molecule has 1 N–H and O–H groups in total. The largest absolute Gasteiger partial charge is 0.459 e. The number of aromatic nitrogens is 4. The summed E-state index contributed by atoms with van der Waals surface area (Å²) >= 11 is 0. The maximum absolute atomic E-state index is 12.6. The van der Waals surface area contributed by atoms with E-state index in [4.69, 9.17) is 4.42 Å². The molecule has 1 atom stereocenters. The molecule has 0 bridgehead atoms. The topological polar surface area (TPSA) is 106 Å². The number of nitrogens with zero attached hydrogens (tertiary/aromatic N) is 5. The number of hydrogen-bond donors (Lipinski definition) is 1. The summed E-state index contributed by atoms with van der Waals surface area (Å²) in [5, 5.41) is 14.9. The molecular weight excluding hydrogens is 360 g/mol. The predicted octanol–water partition coefficient (Wildman–Crippen LogP) is 1.50. The molecule has 0 spiro atoms.